The minimum absolute atomic E-state index is 0.225. The number of fused-ring (bicyclic) bond motifs is 1. The number of benzene rings is 2. The number of hydrogen-bond donors (Lipinski definition) is 0. The summed E-state index contributed by atoms with van der Waals surface area (Å²) in [5.74, 6) is -0.619. The number of pyridine rings is 1. The van der Waals surface area contributed by atoms with Crippen molar-refractivity contribution in [2.45, 2.75) is 13.8 Å². The third kappa shape index (κ3) is 3.05. The van der Waals surface area contributed by atoms with Crippen LogP contribution in [-0.4, -0.2) is 28.5 Å². The van der Waals surface area contributed by atoms with Gasteiger partial charge in [-0.1, -0.05) is 18.2 Å². The summed E-state index contributed by atoms with van der Waals surface area (Å²) in [4.78, 5) is 27.6. The Balaban J connectivity index is 2.33. The van der Waals surface area contributed by atoms with Crippen LogP contribution in [0, 0.1) is 5.82 Å². The van der Waals surface area contributed by atoms with Crippen LogP contribution in [0.3, 0.4) is 0 Å². The van der Waals surface area contributed by atoms with Gasteiger partial charge in [0.15, 0.2) is 0 Å². The molecule has 0 fully saturated rings. The van der Waals surface area contributed by atoms with Gasteiger partial charge in [0.25, 0.3) is 11.5 Å². The van der Waals surface area contributed by atoms with E-state index in [4.69, 9.17) is 0 Å². The molecule has 1 aromatic heterocycles. The van der Waals surface area contributed by atoms with Crippen molar-refractivity contribution in [2.24, 2.45) is 0 Å². The van der Waals surface area contributed by atoms with Crippen LogP contribution in [0.2, 0.25) is 0 Å². The first-order valence-corrected chi connectivity index (χ1v) is 8.26. The molecule has 0 spiro atoms. The van der Waals surface area contributed by atoms with Crippen LogP contribution in [0.15, 0.2) is 59.4 Å². The molecule has 0 radical (unpaired) electrons. The highest BCUT2D eigenvalue weighted by molar-refractivity contribution is 5.97. The van der Waals surface area contributed by atoms with E-state index >= 15 is 0 Å². The zero-order valence-corrected chi connectivity index (χ0v) is 14.2. The molecule has 1 heterocycles. The Morgan fingerprint density at radius 2 is 1.68 bits per heavy atom. The Labute approximate surface area is 145 Å². The lowest BCUT2D eigenvalue weighted by molar-refractivity contribution is 0.0764. The van der Waals surface area contributed by atoms with E-state index in [1.54, 1.807) is 23.1 Å². The number of amides is 1. The van der Waals surface area contributed by atoms with E-state index in [1.807, 2.05) is 26.0 Å². The first kappa shape index (κ1) is 16.9. The van der Waals surface area contributed by atoms with Gasteiger partial charge < -0.3 is 4.90 Å². The van der Waals surface area contributed by atoms with E-state index in [-0.39, 0.29) is 17.2 Å². The van der Waals surface area contributed by atoms with Crippen molar-refractivity contribution in [1.29, 1.82) is 0 Å². The van der Waals surface area contributed by atoms with E-state index in [1.165, 1.54) is 28.8 Å². The Bertz CT molecular complexity index is 973. The number of carbonyl (C=O) groups is 1. The van der Waals surface area contributed by atoms with E-state index < -0.39 is 5.82 Å². The summed E-state index contributed by atoms with van der Waals surface area (Å²) >= 11 is 0. The summed E-state index contributed by atoms with van der Waals surface area (Å²) in [5.41, 5.74) is 0.451. The molecule has 0 aliphatic heterocycles. The Hall–Kier alpha value is -2.95. The number of carbonyl (C=O) groups excluding carboxylic acids is 1. The predicted octanol–water partition coefficient (Wildman–Crippen LogP) is 3.61. The normalized spacial score (nSPS) is 10.8. The van der Waals surface area contributed by atoms with Crippen LogP contribution < -0.4 is 5.56 Å². The minimum atomic E-state index is -0.394. The molecule has 3 aromatic rings. The maximum absolute atomic E-state index is 13.3. The molecule has 3 rings (SSSR count). The molecule has 5 heteroatoms. The molecule has 0 atom stereocenters. The van der Waals surface area contributed by atoms with Crippen molar-refractivity contribution in [2.75, 3.05) is 13.1 Å². The number of rotatable bonds is 4. The fourth-order valence-corrected chi connectivity index (χ4v) is 2.94. The molecule has 0 aliphatic rings. The highest BCUT2D eigenvalue weighted by Gasteiger charge is 2.20. The van der Waals surface area contributed by atoms with Gasteiger partial charge in [0.05, 0.1) is 0 Å². The average Bonchev–Trinajstić information content (AvgIpc) is 2.63. The number of hydrogen-bond acceptors (Lipinski definition) is 2. The molecule has 0 saturated heterocycles. The van der Waals surface area contributed by atoms with Gasteiger partial charge in [0.2, 0.25) is 0 Å². The third-order valence-electron chi connectivity index (χ3n) is 4.28. The highest BCUT2D eigenvalue weighted by Crippen LogP contribution is 2.18. The van der Waals surface area contributed by atoms with Crippen molar-refractivity contribution in [3.05, 3.63) is 76.5 Å². The smallest absolute Gasteiger partial charge is 0.270 e. The van der Waals surface area contributed by atoms with Crippen LogP contribution in [0.5, 0.6) is 0 Å². The molecule has 0 unspecified atom stereocenters. The number of nitrogens with zero attached hydrogens (tertiary/aromatic N) is 2. The first-order chi connectivity index (χ1) is 12.1. The highest BCUT2D eigenvalue weighted by atomic mass is 19.1. The molecule has 2 aromatic carbocycles. The maximum Gasteiger partial charge on any atom is 0.270 e. The zero-order valence-electron chi connectivity index (χ0n) is 14.2. The average molecular weight is 338 g/mol. The fourth-order valence-electron chi connectivity index (χ4n) is 2.94. The van der Waals surface area contributed by atoms with Gasteiger partial charge in [0.1, 0.15) is 11.5 Å². The first-order valence-electron chi connectivity index (χ1n) is 8.26. The van der Waals surface area contributed by atoms with Crippen LogP contribution in [0.1, 0.15) is 24.3 Å². The van der Waals surface area contributed by atoms with Gasteiger partial charge in [0, 0.05) is 24.2 Å². The van der Waals surface area contributed by atoms with Crippen molar-refractivity contribution in [1.82, 2.24) is 9.47 Å². The van der Waals surface area contributed by atoms with Crippen LogP contribution in [0.25, 0.3) is 16.5 Å². The second kappa shape index (κ2) is 6.89. The van der Waals surface area contributed by atoms with Gasteiger partial charge in [-0.05, 0) is 55.6 Å². The molecule has 1 amide bonds. The molecular formula is C20H19FN2O2. The maximum atomic E-state index is 13.3. The summed E-state index contributed by atoms with van der Waals surface area (Å²) in [5, 5.41) is 1.23. The quantitative estimate of drug-likeness (QED) is 0.729. The second-order valence-electron chi connectivity index (χ2n) is 5.71. The van der Waals surface area contributed by atoms with Crippen LogP contribution >= 0.6 is 0 Å². The molecule has 4 nitrogen and oxygen atoms in total. The van der Waals surface area contributed by atoms with Crippen LogP contribution in [0.4, 0.5) is 4.39 Å². The molecular weight excluding hydrogens is 319 g/mol. The lowest BCUT2D eigenvalue weighted by Gasteiger charge is -2.22. The number of halogens is 1. The fraction of sp³-hybridized carbons (Fsp3) is 0.200. The summed E-state index contributed by atoms with van der Waals surface area (Å²) < 4.78 is 14.7. The summed E-state index contributed by atoms with van der Waals surface area (Å²) in [6.45, 7) is 4.87. The monoisotopic (exact) mass is 338 g/mol. The molecule has 0 N–H and O–H groups in total. The topological polar surface area (TPSA) is 42.3 Å². The molecule has 128 valence electrons. The van der Waals surface area contributed by atoms with Crippen molar-refractivity contribution in [3.8, 4) is 5.69 Å². The second-order valence-corrected chi connectivity index (χ2v) is 5.71. The van der Waals surface area contributed by atoms with Gasteiger partial charge in [-0.3, -0.25) is 14.2 Å². The SMILES string of the molecule is CCN(CC)C(=O)c1cc2ccccc2c(=O)n1-c1ccc(F)cc1. The number of aromatic nitrogens is 1. The third-order valence-corrected chi connectivity index (χ3v) is 4.28. The summed E-state index contributed by atoms with van der Waals surface area (Å²) in [6, 6.07) is 14.4. The van der Waals surface area contributed by atoms with Gasteiger partial charge in [-0.2, -0.15) is 0 Å². The van der Waals surface area contributed by atoms with Crippen LogP contribution in [-0.2, 0) is 0 Å². The molecule has 0 bridgehead atoms. The lowest BCUT2D eigenvalue weighted by atomic mass is 10.1. The van der Waals surface area contributed by atoms with E-state index in [0.29, 0.717) is 29.5 Å². The van der Waals surface area contributed by atoms with Crippen molar-refractivity contribution >= 4 is 16.7 Å². The summed E-state index contributed by atoms with van der Waals surface area (Å²) in [7, 11) is 0. The Kier molecular flexibility index (Phi) is 4.65. The molecule has 25 heavy (non-hydrogen) atoms. The molecule has 0 aliphatic carbocycles. The van der Waals surface area contributed by atoms with E-state index in [0.717, 1.165) is 0 Å². The lowest BCUT2D eigenvalue weighted by Crippen LogP contribution is -2.35. The van der Waals surface area contributed by atoms with Crippen molar-refractivity contribution in [3.63, 3.8) is 0 Å². The summed E-state index contributed by atoms with van der Waals surface area (Å²) in [6.07, 6.45) is 0. The van der Waals surface area contributed by atoms with Gasteiger partial charge in [-0.15, -0.1) is 0 Å². The minimum Gasteiger partial charge on any atom is -0.338 e. The Morgan fingerprint density at radius 3 is 2.32 bits per heavy atom. The Morgan fingerprint density at radius 1 is 1.04 bits per heavy atom. The molecule has 0 saturated carbocycles. The largest absolute Gasteiger partial charge is 0.338 e. The van der Waals surface area contributed by atoms with E-state index in [9.17, 15) is 14.0 Å². The van der Waals surface area contributed by atoms with Crippen molar-refractivity contribution < 1.29 is 9.18 Å². The predicted molar refractivity (Wildman–Crippen MR) is 96.8 cm³/mol. The van der Waals surface area contributed by atoms with Gasteiger partial charge >= 0.3 is 0 Å². The standard InChI is InChI=1S/C20H19FN2O2/c1-3-22(4-2)20(25)18-13-14-7-5-6-8-17(14)19(24)23(18)16-11-9-15(21)10-12-16/h5-13H,3-4H2,1-2H3. The zero-order chi connectivity index (χ0) is 18.0. The van der Waals surface area contributed by atoms with Gasteiger partial charge in [-0.25, -0.2) is 4.39 Å². The van der Waals surface area contributed by atoms with E-state index in [2.05, 4.69) is 0 Å².